The molecular formula is C16H16BrNO2S. The lowest BCUT2D eigenvalue weighted by Crippen LogP contribution is -2.15. The van der Waals surface area contributed by atoms with Gasteiger partial charge in [0.2, 0.25) is 5.91 Å². The topological polar surface area (TPSA) is 49.3 Å². The van der Waals surface area contributed by atoms with Gasteiger partial charge >= 0.3 is 0 Å². The van der Waals surface area contributed by atoms with Crippen LogP contribution >= 0.6 is 27.7 Å². The van der Waals surface area contributed by atoms with E-state index in [0.717, 1.165) is 20.5 Å². The molecule has 0 radical (unpaired) electrons. The zero-order valence-electron chi connectivity index (χ0n) is 11.6. The van der Waals surface area contributed by atoms with Crippen molar-refractivity contribution in [2.75, 3.05) is 11.1 Å². The number of hydrogen-bond donors (Lipinski definition) is 2. The van der Waals surface area contributed by atoms with Crippen LogP contribution in [-0.2, 0) is 11.4 Å². The van der Waals surface area contributed by atoms with E-state index in [2.05, 4.69) is 21.2 Å². The van der Waals surface area contributed by atoms with Gasteiger partial charge in [0.15, 0.2) is 0 Å². The molecular weight excluding hydrogens is 350 g/mol. The molecule has 0 saturated heterocycles. The van der Waals surface area contributed by atoms with E-state index in [9.17, 15) is 9.90 Å². The van der Waals surface area contributed by atoms with Gasteiger partial charge in [0, 0.05) is 20.6 Å². The Hall–Kier alpha value is -1.30. The largest absolute Gasteiger partial charge is 0.392 e. The first-order valence-electron chi connectivity index (χ1n) is 6.47. The van der Waals surface area contributed by atoms with Crippen molar-refractivity contribution in [3.05, 3.63) is 58.1 Å². The van der Waals surface area contributed by atoms with Crippen LogP contribution in [0.5, 0.6) is 0 Å². The fraction of sp³-hybridized carbons (Fsp3) is 0.188. The molecule has 0 aromatic heterocycles. The van der Waals surface area contributed by atoms with Gasteiger partial charge in [0.1, 0.15) is 0 Å². The summed E-state index contributed by atoms with van der Waals surface area (Å²) in [6.07, 6.45) is 0. The zero-order chi connectivity index (χ0) is 15.2. The second-order valence-electron chi connectivity index (χ2n) is 4.56. The van der Waals surface area contributed by atoms with E-state index >= 15 is 0 Å². The Bertz CT molecular complexity index is 646. The highest BCUT2D eigenvalue weighted by atomic mass is 79.9. The van der Waals surface area contributed by atoms with E-state index < -0.39 is 0 Å². The summed E-state index contributed by atoms with van der Waals surface area (Å²) in [7, 11) is 0. The molecule has 0 aliphatic rings. The summed E-state index contributed by atoms with van der Waals surface area (Å²) in [5.74, 6) is 0.255. The third-order valence-corrected chi connectivity index (χ3v) is 4.63. The molecule has 0 bridgehead atoms. The van der Waals surface area contributed by atoms with Crippen LogP contribution in [0.15, 0.2) is 51.8 Å². The van der Waals surface area contributed by atoms with Crippen LogP contribution in [0.1, 0.15) is 11.1 Å². The Morgan fingerprint density at radius 1 is 1.29 bits per heavy atom. The molecule has 0 atom stereocenters. The third kappa shape index (κ3) is 4.59. The summed E-state index contributed by atoms with van der Waals surface area (Å²) in [6, 6.07) is 13.2. The van der Waals surface area contributed by atoms with E-state index in [1.807, 2.05) is 37.3 Å². The van der Waals surface area contributed by atoms with Crippen LogP contribution in [0, 0.1) is 6.92 Å². The second kappa shape index (κ2) is 7.64. The van der Waals surface area contributed by atoms with Gasteiger partial charge in [0.05, 0.1) is 12.4 Å². The van der Waals surface area contributed by atoms with E-state index in [-0.39, 0.29) is 12.5 Å². The number of anilines is 1. The number of amides is 1. The molecule has 0 fully saturated rings. The van der Waals surface area contributed by atoms with Gasteiger partial charge in [0.25, 0.3) is 0 Å². The number of aryl methyl sites for hydroxylation is 1. The average Bonchev–Trinajstić information content (AvgIpc) is 2.47. The minimum absolute atomic E-state index is 0.0804. The number of aliphatic hydroxyl groups is 1. The van der Waals surface area contributed by atoms with Gasteiger partial charge < -0.3 is 10.4 Å². The Kier molecular flexibility index (Phi) is 5.85. The highest BCUT2D eigenvalue weighted by Gasteiger charge is 2.08. The molecule has 2 rings (SSSR count). The molecule has 0 heterocycles. The minimum Gasteiger partial charge on any atom is -0.392 e. The highest BCUT2D eigenvalue weighted by molar-refractivity contribution is 9.10. The first-order chi connectivity index (χ1) is 10.1. The number of halogens is 1. The van der Waals surface area contributed by atoms with Gasteiger partial charge in [-0.25, -0.2) is 0 Å². The molecule has 5 heteroatoms. The van der Waals surface area contributed by atoms with Crippen molar-refractivity contribution in [2.24, 2.45) is 0 Å². The number of aliphatic hydroxyl groups excluding tert-OH is 1. The summed E-state index contributed by atoms with van der Waals surface area (Å²) in [4.78, 5) is 13.1. The van der Waals surface area contributed by atoms with Crippen LogP contribution in [0.25, 0.3) is 0 Å². The number of nitrogens with one attached hydrogen (secondary N) is 1. The smallest absolute Gasteiger partial charge is 0.234 e. The average molecular weight is 366 g/mol. The van der Waals surface area contributed by atoms with Crippen molar-refractivity contribution in [2.45, 2.75) is 18.4 Å². The molecule has 0 aliphatic heterocycles. The number of carbonyl (C=O) groups is 1. The summed E-state index contributed by atoms with van der Waals surface area (Å²) in [6.45, 7) is 1.93. The van der Waals surface area contributed by atoms with Crippen molar-refractivity contribution < 1.29 is 9.90 Å². The number of para-hydroxylation sites is 1. The van der Waals surface area contributed by atoms with Gasteiger partial charge in [-0.15, -0.1) is 11.8 Å². The summed E-state index contributed by atoms with van der Waals surface area (Å²) < 4.78 is 1.03. The molecule has 2 aromatic carbocycles. The normalized spacial score (nSPS) is 10.4. The number of carbonyl (C=O) groups excluding carboxylic acids is 1. The molecule has 1 amide bonds. The fourth-order valence-corrected chi connectivity index (χ4v) is 3.17. The quantitative estimate of drug-likeness (QED) is 0.787. The lowest BCUT2D eigenvalue weighted by Gasteiger charge is -2.10. The molecule has 0 unspecified atom stereocenters. The van der Waals surface area contributed by atoms with Crippen molar-refractivity contribution in [1.82, 2.24) is 0 Å². The lowest BCUT2D eigenvalue weighted by atomic mass is 10.2. The standard InChI is InChI=1S/C16H16BrNO2S/c1-11-8-13(17)6-7-15(11)21-10-16(20)18-14-5-3-2-4-12(14)9-19/h2-8,19H,9-10H2,1H3,(H,18,20). The van der Waals surface area contributed by atoms with E-state index in [1.54, 1.807) is 12.1 Å². The molecule has 2 N–H and O–H groups in total. The molecule has 0 spiro atoms. The fourth-order valence-electron chi connectivity index (χ4n) is 1.88. The van der Waals surface area contributed by atoms with Gasteiger partial charge in [-0.1, -0.05) is 34.1 Å². The third-order valence-electron chi connectivity index (χ3n) is 2.96. The summed E-state index contributed by atoms with van der Waals surface area (Å²) in [5.41, 5.74) is 2.52. The van der Waals surface area contributed by atoms with Crippen LogP contribution in [0.4, 0.5) is 5.69 Å². The Morgan fingerprint density at radius 3 is 2.76 bits per heavy atom. The first-order valence-corrected chi connectivity index (χ1v) is 8.25. The van der Waals surface area contributed by atoms with Crippen LogP contribution in [-0.4, -0.2) is 16.8 Å². The number of thioether (sulfide) groups is 1. The maximum Gasteiger partial charge on any atom is 0.234 e. The number of benzene rings is 2. The lowest BCUT2D eigenvalue weighted by molar-refractivity contribution is -0.113. The van der Waals surface area contributed by atoms with Crippen LogP contribution in [0.3, 0.4) is 0 Å². The second-order valence-corrected chi connectivity index (χ2v) is 6.49. The maximum absolute atomic E-state index is 12.0. The molecule has 3 nitrogen and oxygen atoms in total. The van der Waals surface area contributed by atoms with Gasteiger partial charge in [-0.3, -0.25) is 4.79 Å². The Balaban J connectivity index is 1.96. The van der Waals surface area contributed by atoms with Crippen LogP contribution in [0.2, 0.25) is 0 Å². The maximum atomic E-state index is 12.0. The molecule has 21 heavy (non-hydrogen) atoms. The van der Waals surface area contributed by atoms with E-state index in [1.165, 1.54) is 11.8 Å². The van der Waals surface area contributed by atoms with Gasteiger partial charge in [-0.2, -0.15) is 0 Å². The zero-order valence-corrected chi connectivity index (χ0v) is 14.0. The summed E-state index contributed by atoms with van der Waals surface area (Å²) >= 11 is 4.93. The van der Waals surface area contributed by atoms with Crippen molar-refractivity contribution >= 4 is 39.3 Å². The SMILES string of the molecule is Cc1cc(Br)ccc1SCC(=O)Nc1ccccc1CO. The Labute approximate surface area is 136 Å². The van der Waals surface area contributed by atoms with E-state index in [4.69, 9.17) is 0 Å². The van der Waals surface area contributed by atoms with Crippen LogP contribution < -0.4 is 5.32 Å². The predicted molar refractivity (Wildman–Crippen MR) is 90.6 cm³/mol. The molecule has 2 aromatic rings. The monoisotopic (exact) mass is 365 g/mol. The van der Waals surface area contributed by atoms with Crippen molar-refractivity contribution in [3.8, 4) is 0 Å². The number of rotatable bonds is 5. The minimum atomic E-state index is -0.0879. The predicted octanol–water partition coefficient (Wildman–Crippen LogP) is 3.98. The molecule has 110 valence electrons. The molecule has 0 saturated carbocycles. The first kappa shape index (κ1) is 16.1. The number of hydrogen-bond acceptors (Lipinski definition) is 3. The van der Waals surface area contributed by atoms with Crippen molar-refractivity contribution in [1.29, 1.82) is 0 Å². The molecule has 0 aliphatic carbocycles. The highest BCUT2D eigenvalue weighted by Crippen LogP contribution is 2.25. The van der Waals surface area contributed by atoms with Crippen molar-refractivity contribution in [3.63, 3.8) is 0 Å². The van der Waals surface area contributed by atoms with Gasteiger partial charge in [-0.05, 0) is 36.8 Å². The summed E-state index contributed by atoms with van der Waals surface area (Å²) in [5, 5.41) is 12.1. The van der Waals surface area contributed by atoms with E-state index in [0.29, 0.717) is 11.4 Å². The Morgan fingerprint density at radius 2 is 2.05 bits per heavy atom.